The van der Waals surface area contributed by atoms with Gasteiger partial charge in [-0.3, -0.25) is 4.79 Å². The van der Waals surface area contributed by atoms with Gasteiger partial charge in [0, 0.05) is 7.05 Å². The molecule has 0 aliphatic rings. The van der Waals surface area contributed by atoms with Crippen molar-refractivity contribution in [3.05, 3.63) is 47.3 Å². The number of nitrogens with one attached hydrogen (secondary N) is 1. The topological polar surface area (TPSA) is 67.2 Å². The standard InChI is InChI=1S/C17H23N3O2S/c1-4-13-5-7-14(8-6-13)12(2)19-16(22)11-23-17-18-9-15(10-21)20(17)3/h5-9,12,21H,4,10-11H2,1-3H3,(H,19,22). The lowest BCUT2D eigenvalue weighted by atomic mass is 10.1. The van der Waals surface area contributed by atoms with Gasteiger partial charge in [0.05, 0.1) is 30.3 Å². The molecule has 2 rings (SSSR count). The fourth-order valence-corrected chi connectivity index (χ4v) is 3.03. The van der Waals surface area contributed by atoms with Crippen molar-refractivity contribution < 1.29 is 9.90 Å². The van der Waals surface area contributed by atoms with E-state index >= 15 is 0 Å². The number of aliphatic hydroxyl groups is 1. The Labute approximate surface area is 141 Å². The molecule has 0 spiro atoms. The largest absolute Gasteiger partial charge is 0.390 e. The molecule has 0 aliphatic carbocycles. The Bertz CT molecular complexity index is 652. The van der Waals surface area contributed by atoms with E-state index in [0.29, 0.717) is 5.75 Å². The molecular formula is C17H23N3O2S. The highest BCUT2D eigenvalue weighted by atomic mass is 32.2. The molecule has 0 fully saturated rings. The number of nitrogens with zero attached hydrogens (tertiary/aromatic N) is 2. The second-order valence-electron chi connectivity index (χ2n) is 5.42. The molecule has 5 nitrogen and oxygen atoms in total. The van der Waals surface area contributed by atoms with E-state index in [1.807, 2.05) is 14.0 Å². The first-order chi connectivity index (χ1) is 11.0. The fourth-order valence-electron chi connectivity index (χ4n) is 2.25. The van der Waals surface area contributed by atoms with Crippen molar-refractivity contribution in [2.24, 2.45) is 7.05 Å². The summed E-state index contributed by atoms with van der Waals surface area (Å²) < 4.78 is 1.80. The Morgan fingerprint density at radius 3 is 2.65 bits per heavy atom. The number of benzene rings is 1. The summed E-state index contributed by atoms with van der Waals surface area (Å²) in [6.07, 6.45) is 2.63. The third kappa shape index (κ3) is 4.59. The van der Waals surface area contributed by atoms with E-state index in [9.17, 15) is 4.79 Å². The number of imidazole rings is 1. The summed E-state index contributed by atoms with van der Waals surface area (Å²) in [6.45, 7) is 4.05. The second kappa shape index (κ2) is 8.17. The summed E-state index contributed by atoms with van der Waals surface area (Å²) in [5, 5.41) is 12.9. The molecule has 23 heavy (non-hydrogen) atoms. The first-order valence-corrected chi connectivity index (χ1v) is 8.66. The van der Waals surface area contributed by atoms with Gasteiger partial charge in [0.2, 0.25) is 5.91 Å². The van der Waals surface area contributed by atoms with Gasteiger partial charge in [0.1, 0.15) is 0 Å². The van der Waals surface area contributed by atoms with E-state index in [-0.39, 0.29) is 18.6 Å². The Hall–Kier alpha value is -1.79. The highest BCUT2D eigenvalue weighted by Gasteiger charge is 2.12. The van der Waals surface area contributed by atoms with E-state index in [4.69, 9.17) is 5.11 Å². The van der Waals surface area contributed by atoms with Crippen molar-refractivity contribution in [3.63, 3.8) is 0 Å². The van der Waals surface area contributed by atoms with Crippen LogP contribution in [0.2, 0.25) is 0 Å². The van der Waals surface area contributed by atoms with Crippen LogP contribution in [-0.4, -0.2) is 26.3 Å². The monoisotopic (exact) mass is 333 g/mol. The molecule has 0 bridgehead atoms. The van der Waals surface area contributed by atoms with Crippen molar-refractivity contribution in [3.8, 4) is 0 Å². The van der Waals surface area contributed by atoms with Crippen LogP contribution in [0.1, 0.15) is 36.7 Å². The molecule has 1 heterocycles. The van der Waals surface area contributed by atoms with Crippen molar-refractivity contribution in [2.45, 2.75) is 38.1 Å². The van der Waals surface area contributed by atoms with Crippen molar-refractivity contribution in [2.75, 3.05) is 5.75 Å². The van der Waals surface area contributed by atoms with Gasteiger partial charge in [0.15, 0.2) is 5.16 Å². The van der Waals surface area contributed by atoms with Crippen LogP contribution < -0.4 is 5.32 Å². The van der Waals surface area contributed by atoms with Crippen LogP contribution in [0.15, 0.2) is 35.6 Å². The molecule has 1 atom stereocenters. The molecule has 1 unspecified atom stereocenters. The number of rotatable bonds is 7. The maximum absolute atomic E-state index is 12.1. The summed E-state index contributed by atoms with van der Waals surface area (Å²) in [7, 11) is 1.83. The lowest BCUT2D eigenvalue weighted by Crippen LogP contribution is -2.28. The molecule has 0 radical (unpaired) electrons. The normalized spacial score (nSPS) is 12.2. The van der Waals surface area contributed by atoms with Crippen LogP contribution in [0.4, 0.5) is 0 Å². The Morgan fingerprint density at radius 1 is 1.39 bits per heavy atom. The van der Waals surface area contributed by atoms with Crippen LogP contribution in [0.5, 0.6) is 0 Å². The maximum atomic E-state index is 12.1. The van der Waals surface area contributed by atoms with Crippen LogP contribution in [-0.2, 0) is 24.9 Å². The molecule has 2 N–H and O–H groups in total. The molecule has 2 aromatic rings. The predicted octanol–water partition coefficient (Wildman–Crippen LogP) is 2.44. The minimum absolute atomic E-state index is 0.0246. The van der Waals surface area contributed by atoms with Gasteiger partial charge in [-0.15, -0.1) is 0 Å². The zero-order chi connectivity index (χ0) is 16.8. The Balaban J connectivity index is 1.87. The van der Waals surface area contributed by atoms with Crippen molar-refractivity contribution in [1.82, 2.24) is 14.9 Å². The predicted molar refractivity (Wildman–Crippen MR) is 92.2 cm³/mol. The first kappa shape index (κ1) is 17.6. The highest BCUT2D eigenvalue weighted by molar-refractivity contribution is 7.99. The minimum Gasteiger partial charge on any atom is -0.390 e. The zero-order valence-electron chi connectivity index (χ0n) is 13.7. The number of hydrogen-bond acceptors (Lipinski definition) is 4. The number of carbonyl (C=O) groups is 1. The third-order valence-electron chi connectivity index (χ3n) is 3.80. The van der Waals surface area contributed by atoms with E-state index < -0.39 is 0 Å². The van der Waals surface area contributed by atoms with Crippen LogP contribution in [0.3, 0.4) is 0 Å². The zero-order valence-corrected chi connectivity index (χ0v) is 14.6. The van der Waals surface area contributed by atoms with Gasteiger partial charge in [-0.25, -0.2) is 4.98 Å². The maximum Gasteiger partial charge on any atom is 0.230 e. The number of aromatic nitrogens is 2. The van der Waals surface area contributed by atoms with Crippen LogP contribution in [0, 0.1) is 0 Å². The van der Waals surface area contributed by atoms with E-state index in [1.165, 1.54) is 17.3 Å². The number of aryl methyl sites for hydroxylation is 1. The van der Waals surface area contributed by atoms with E-state index in [2.05, 4.69) is 41.5 Å². The smallest absolute Gasteiger partial charge is 0.230 e. The van der Waals surface area contributed by atoms with Crippen LogP contribution in [0.25, 0.3) is 0 Å². The third-order valence-corrected chi connectivity index (χ3v) is 4.85. The summed E-state index contributed by atoms with van der Waals surface area (Å²) in [4.78, 5) is 16.3. The Kier molecular flexibility index (Phi) is 6.24. The van der Waals surface area contributed by atoms with Crippen molar-refractivity contribution >= 4 is 17.7 Å². The van der Waals surface area contributed by atoms with Gasteiger partial charge >= 0.3 is 0 Å². The molecule has 1 aromatic carbocycles. The van der Waals surface area contributed by atoms with Gasteiger partial charge in [0.25, 0.3) is 0 Å². The van der Waals surface area contributed by atoms with Gasteiger partial charge in [-0.2, -0.15) is 0 Å². The summed E-state index contributed by atoms with van der Waals surface area (Å²) in [5.41, 5.74) is 3.12. The molecule has 6 heteroatoms. The van der Waals surface area contributed by atoms with E-state index in [0.717, 1.165) is 22.8 Å². The molecule has 0 saturated carbocycles. The van der Waals surface area contributed by atoms with Gasteiger partial charge in [-0.05, 0) is 24.5 Å². The first-order valence-electron chi connectivity index (χ1n) is 7.67. The minimum atomic E-state index is -0.0545. The highest BCUT2D eigenvalue weighted by Crippen LogP contribution is 2.18. The molecule has 1 aromatic heterocycles. The average Bonchev–Trinajstić information content (AvgIpc) is 2.93. The fraction of sp³-hybridized carbons (Fsp3) is 0.412. The average molecular weight is 333 g/mol. The van der Waals surface area contributed by atoms with Gasteiger partial charge < -0.3 is 15.0 Å². The molecule has 0 aliphatic heterocycles. The summed E-state index contributed by atoms with van der Waals surface area (Å²) in [6, 6.07) is 8.28. The lowest BCUT2D eigenvalue weighted by Gasteiger charge is -2.14. The lowest BCUT2D eigenvalue weighted by molar-refractivity contribution is -0.119. The molecule has 124 valence electrons. The number of aliphatic hydroxyl groups excluding tert-OH is 1. The SMILES string of the molecule is CCc1ccc(C(C)NC(=O)CSc2ncc(CO)n2C)cc1. The van der Waals surface area contributed by atoms with Gasteiger partial charge in [-0.1, -0.05) is 43.0 Å². The second-order valence-corrected chi connectivity index (χ2v) is 6.36. The summed E-state index contributed by atoms with van der Waals surface area (Å²) in [5.74, 6) is 0.267. The molecular weight excluding hydrogens is 310 g/mol. The summed E-state index contributed by atoms with van der Waals surface area (Å²) >= 11 is 1.36. The molecule has 0 saturated heterocycles. The number of carbonyl (C=O) groups excluding carboxylic acids is 1. The number of hydrogen-bond donors (Lipinski definition) is 2. The van der Waals surface area contributed by atoms with Crippen molar-refractivity contribution in [1.29, 1.82) is 0 Å². The quantitative estimate of drug-likeness (QED) is 0.764. The van der Waals surface area contributed by atoms with Crippen LogP contribution >= 0.6 is 11.8 Å². The molecule has 1 amide bonds. The number of thioether (sulfide) groups is 1. The number of amides is 1. The van der Waals surface area contributed by atoms with E-state index in [1.54, 1.807) is 10.8 Å². The Morgan fingerprint density at radius 2 is 2.09 bits per heavy atom.